The highest BCUT2D eigenvalue weighted by molar-refractivity contribution is 5.81. The van der Waals surface area contributed by atoms with E-state index < -0.39 is 6.09 Å². The monoisotopic (exact) mass is 594 g/mol. The summed E-state index contributed by atoms with van der Waals surface area (Å²) in [5, 5.41) is 41.0. The fraction of sp³-hybridized carbons (Fsp3) is 0.452. The number of fused-ring (bicyclic) bond motifs is 1. The molecule has 7 rings (SSSR count). The Morgan fingerprint density at radius 2 is 1.84 bits per heavy atom. The normalized spacial score (nSPS) is 23.0. The number of pyridine rings is 1. The number of rotatable bonds is 9. The van der Waals surface area contributed by atoms with Crippen molar-refractivity contribution in [2.45, 2.75) is 69.5 Å². The van der Waals surface area contributed by atoms with Gasteiger partial charge in [0.15, 0.2) is 0 Å². The summed E-state index contributed by atoms with van der Waals surface area (Å²) < 4.78 is 3.71. The first-order valence-corrected chi connectivity index (χ1v) is 15.3. The van der Waals surface area contributed by atoms with Crippen molar-refractivity contribution in [3.8, 4) is 28.7 Å². The number of carbonyl (C=O) groups excluding carboxylic acids is 1. The SMILES string of the molecule is N#Cc1cnn2c(-c3cc(NC4CC(CNC(=O)O)C4)c(-c4cn(C5CCC(NC(=O)C6CC6)CC5)nn4)cn3)ccc2c1. The summed E-state index contributed by atoms with van der Waals surface area (Å²) in [7, 11) is 0. The fourth-order valence-electron chi connectivity index (χ4n) is 6.37. The van der Waals surface area contributed by atoms with Crippen LogP contribution in [0.4, 0.5) is 10.5 Å². The average Bonchev–Trinajstić information content (AvgIpc) is 3.61. The zero-order valence-electron chi connectivity index (χ0n) is 24.2. The van der Waals surface area contributed by atoms with E-state index in [1.165, 1.54) is 6.20 Å². The maximum absolute atomic E-state index is 12.2. The molecule has 3 aliphatic carbocycles. The summed E-state index contributed by atoms with van der Waals surface area (Å²) in [4.78, 5) is 27.9. The van der Waals surface area contributed by atoms with Crippen molar-refractivity contribution in [1.29, 1.82) is 5.26 Å². The topological polar surface area (TPSA) is 175 Å². The Balaban J connectivity index is 1.11. The van der Waals surface area contributed by atoms with Crippen LogP contribution in [0.15, 0.2) is 42.9 Å². The van der Waals surface area contributed by atoms with Gasteiger partial charge >= 0.3 is 6.09 Å². The minimum atomic E-state index is -1.00. The second kappa shape index (κ2) is 11.6. The van der Waals surface area contributed by atoms with Gasteiger partial charge in [-0.3, -0.25) is 9.78 Å². The zero-order valence-corrected chi connectivity index (χ0v) is 24.2. The molecule has 0 radical (unpaired) electrons. The van der Waals surface area contributed by atoms with Gasteiger partial charge in [-0.15, -0.1) is 5.10 Å². The van der Waals surface area contributed by atoms with Gasteiger partial charge in [-0.2, -0.15) is 10.4 Å². The summed E-state index contributed by atoms with van der Waals surface area (Å²) in [6.45, 7) is 0.440. The largest absolute Gasteiger partial charge is 0.465 e. The van der Waals surface area contributed by atoms with Crippen LogP contribution in [0.2, 0.25) is 0 Å². The number of anilines is 1. The van der Waals surface area contributed by atoms with E-state index in [-0.39, 0.29) is 35.9 Å². The van der Waals surface area contributed by atoms with Crippen molar-refractivity contribution in [2.24, 2.45) is 11.8 Å². The lowest BCUT2D eigenvalue weighted by molar-refractivity contribution is -0.123. The summed E-state index contributed by atoms with van der Waals surface area (Å²) in [5.41, 5.74) is 5.23. The van der Waals surface area contributed by atoms with Gasteiger partial charge < -0.3 is 21.1 Å². The minimum absolute atomic E-state index is 0.182. The predicted molar refractivity (Wildman–Crippen MR) is 160 cm³/mol. The second-order valence-corrected chi connectivity index (χ2v) is 12.3. The number of nitrogens with one attached hydrogen (secondary N) is 3. The first-order valence-electron chi connectivity index (χ1n) is 15.3. The van der Waals surface area contributed by atoms with Gasteiger partial charge in [0.25, 0.3) is 0 Å². The summed E-state index contributed by atoms with van der Waals surface area (Å²) in [5.74, 6) is 0.718. The molecule has 13 nitrogen and oxygen atoms in total. The zero-order chi connectivity index (χ0) is 30.2. The van der Waals surface area contributed by atoms with E-state index in [4.69, 9.17) is 10.1 Å². The van der Waals surface area contributed by atoms with Crippen molar-refractivity contribution in [3.63, 3.8) is 0 Å². The molecule has 0 spiro atoms. The van der Waals surface area contributed by atoms with Crippen LogP contribution in [0.3, 0.4) is 0 Å². The van der Waals surface area contributed by atoms with Gasteiger partial charge in [-0.1, -0.05) is 5.21 Å². The number of hydrogen-bond donors (Lipinski definition) is 4. The van der Waals surface area contributed by atoms with Gasteiger partial charge in [0, 0.05) is 42.0 Å². The molecular weight excluding hydrogens is 560 g/mol. The number of hydrogen-bond acceptors (Lipinski definition) is 8. The smallest absolute Gasteiger partial charge is 0.404 e. The molecular formula is C31H34N10O3. The number of nitriles is 1. The van der Waals surface area contributed by atoms with Crippen molar-refractivity contribution in [3.05, 3.63) is 48.4 Å². The molecule has 226 valence electrons. The lowest BCUT2D eigenvalue weighted by Crippen LogP contribution is -2.41. The standard InChI is InChI=1S/C31H34N10O3/c32-13-19-11-24-7-8-29(41(24)35-15-19)27-12-26(36-22-9-18(10-22)14-34-31(43)44)25(16-33-27)28-17-40(39-38-28)23-5-3-21(4-6-23)37-30(42)20-1-2-20/h7-8,11-12,15-18,20-23,34H,1-6,9-10,14H2,(H,33,36)(H,37,42)(H,43,44). The third-order valence-electron chi connectivity index (χ3n) is 9.08. The van der Waals surface area contributed by atoms with Crippen LogP contribution >= 0.6 is 0 Å². The van der Waals surface area contributed by atoms with Gasteiger partial charge in [0.05, 0.1) is 40.9 Å². The molecule has 44 heavy (non-hydrogen) atoms. The van der Waals surface area contributed by atoms with Crippen LogP contribution in [0.5, 0.6) is 0 Å². The van der Waals surface area contributed by atoms with E-state index in [9.17, 15) is 14.9 Å². The molecule has 4 N–H and O–H groups in total. The van der Waals surface area contributed by atoms with Crippen LogP contribution in [0, 0.1) is 23.2 Å². The molecule has 13 heteroatoms. The third-order valence-corrected chi connectivity index (χ3v) is 9.08. The first kappa shape index (κ1) is 27.8. The van der Waals surface area contributed by atoms with Gasteiger partial charge in [0.2, 0.25) is 5.91 Å². The molecule has 0 saturated heterocycles. The lowest BCUT2D eigenvalue weighted by atomic mass is 9.80. The highest BCUT2D eigenvalue weighted by Gasteiger charge is 2.33. The van der Waals surface area contributed by atoms with Crippen LogP contribution in [-0.4, -0.2) is 65.3 Å². The highest BCUT2D eigenvalue weighted by atomic mass is 16.4. The van der Waals surface area contributed by atoms with Crippen molar-refractivity contribution < 1.29 is 14.7 Å². The molecule has 0 aliphatic heterocycles. The molecule has 4 heterocycles. The van der Waals surface area contributed by atoms with E-state index in [0.717, 1.165) is 85.2 Å². The summed E-state index contributed by atoms with van der Waals surface area (Å²) in [6.07, 6.45) is 11.7. The Morgan fingerprint density at radius 1 is 1.02 bits per heavy atom. The van der Waals surface area contributed by atoms with Gasteiger partial charge in [-0.05, 0) is 81.5 Å². The lowest BCUT2D eigenvalue weighted by Gasteiger charge is -2.36. The summed E-state index contributed by atoms with van der Waals surface area (Å²) >= 11 is 0. The van der Waals surface area contributed by atoms with E-state index in [1.807, 2.05) is 35.3 Å². The Hall–Kier alpha value is -4.99. The molecule has 3 saturated carbocycles. The first-order chi connectivity index (χ1) is 21.4. The van der Waals surface area contributed by atoms with Crippen molar-refractivity contribution >= 4 is 23.2 Å². The maximum atomic E-state index is 12.2. The fourth-order valence-corrected chi connectivity index (χ4v) is 6.37. The molecule has 4 aromatic heterocycles. The molecule has 0 unspecified atom stereocenters. The minimum Gasteiger partial charge on any atom is -0.465 e. The van der Waals surface area contributed by atoms with Crippen molar-refractivity contribution in [1.82, 2.24) is 40.2 Å². The van der Waals surface area contributed by atoms with Crippen LogP contribution in [0.25, 0.3) is 28.2 Å². The number of aromatic nitrogens is 6. The van der Waals surface area contributed by atoms with Gasteiger partial charge in [-0.25, -0.2) is 14.0 Å². The molecule has 3 fully saturated rings. The van der Waals surface area contributed by atoms with Crippen LogP contribution in [-0.2, 0) is 4.79 Å². The average molecular weight is 595 g/mol. The highest BCUT2D eigenvalue weighted by Crippen LogP contribution is 2.37. The number of carbonyl (C=O) groups is 2. The van der Waals surface area contributed by atoms with Crippen LogP contribution < -0.4 is 16.0 Å². The number of carboxylic acid groups (broad SMARTS) is 1. The van der Waals surface area contributed by atoms with Crippen LogP contribution in [0.1, 0.15) is 63.0 Å². The molecule has 3 aliphatic rings. The molecule has 0 bridgehead atoms. The van der Waals surface area contributed by atoms with E-state index >= 15 is 0 Å². The third kappa shape index (κ3) is 5.79. The number of nitrogens with zero attached hydrogens (tertiary/aromatic N) is 7. The Bertz CT molecular complexity index is 1740. The molecule has 2 amide bonds. The van der Waals surface area contributed by atoms with E-state index in [1.54, 1.807) is 10.6 Å². The Labute approximate surface area is 253 Å². The van der Waals surface area contributed by atoms with E-state index in [2.05, 4.69) is 37.4 Å². The quantitative estimate of drug-likeness (QED) is 0.223. The van der Waals surface area contributed by atoms with E-state index in [0.29, 0.717) is 12.1 Å². The summed E-state index contributed by atoms with van der Waals surface area (Å²) in [6, 6.07) is 10.4. The Morgan fingerprint density at radius 3 is 2.59 bits per heavy atom. The Kier molecular flexibility index (Phi) is 7.33. The van der Waals surface area contributed by atoms with Crippen molar-refractivity contribution in [2.75, 3.05) is 11.9 Å². The number of amides is 2. The second-order valence-electron chi connectivity index (χ2n) is 12.3. The molecule has 0 atom stereocenters. The molecule has 0 aromatic carbocycles. The predicted octanol–water partition coefficient (Wildman–Crippen LogP) is 3.99. The molecule has 4 aromatic rings. The van der Waals surface area contributed by atoms with Gasteiger partial charge in [0.1, 0.15) is 11.8 Å². The maximum Gasteiger partial charge on any atom is 0.404 e.